The van der Waals surface area contributed by atoms with Gasteiger partial charge in [-0.25, -0.2) is 4.39 Å². The molecular weight excluding hydrogens is 207 g/mol. The van der Waals surface area contributed by atoms with E-state index < -0.39 is 0 Å². The van der Waals surface area contributed by atoms with Crippen molar-refractivity contribution in [3.63, 3.8) is 0 Å². The minimum atomic E-state index is -0.306. The summed E-state index contributed by atoms with van der Waals surface area (Å²) < 4.78 is 18.1. The molecule has 1 N–H and O–H groups in total. The van der Waals surface area contributed by atoms with Crippen LogP contribution in [-0.2, 0) is 0 Å². The Balaban J connectivity index is 2.67. The van der Waals surface area contributed by atoms with Crippen LogP contribution in [0.3, 0.4) is 0 Å². The third-order valence-corrected chi connectivity index (χ3v) is 2.24. The molecule has 16 heavy (non-hydrogen) atoms. The lowest BCUT2D eigenvalue weighted by atomic mass is 10.1. The maximum absolute atomic E-state index is 13.0. The van der Waals surface area contributed by atoms with E-state index in [4.69, 9.17) is 9.84 Å². The number of aliphatic hydroxyl groups is 1. The van der Waals surface area contributed by atoms with Crippen LogP contribution in [0.25, 0.3) is 6.08 Å². The van der Waals surface area contributed by atoms with Gasteiger partial charge in [-0.15, -0.1) is 0 Å². The van der Waals surface area contributed by atoms with Crippen molar-refractivity contribution in [3.8, 4) is 5.75 Å². The highest BCUT2D eigenvalue weighted by molar-refractivity contribution is 5.57. The van der Waals surface area contributed by atoms with Gasteiger partial charge in [0, 0.05) is 5.56 Å². The van der Waals surface area contributed by atoms with Gasteiger partial charge >= 0.3 is 0 Å². The Labute approximate surface area is 95.4 Å². The summed E-state index contributed by atoms with van der Waals surface area (Å²) in [6.45, 7) is 1.75. The van der Waals surface area contributed by atoms with Gasteiger partial charge in [0.15, 0.2) is 0 Å². The highest BCUT2D eigenvalue weighted by Crippen LogP contribution is 2.20. The fourth-order valence-corrected chi connectivity index (χ4v) is 1.38. The SMILES string of the molecule is COc1ccc(F)cc1C=CCCC(C)O. The van der Waals surface area contributed by atoms with E-state index in [1.165, 1.54) is 12.1 Å². The average molecular weight is 224 g/mol. The Hall–Kier alpha value is -1.35. The highest BCUT2D eigenvalue weighted by Gasteiger charge is 2.00. The first-order valence-corrected chi connectivity index (χ1v) is 5.31. The number of aliphatic hydroxyl groups excluding tert-OH is 1. The van der Waals surface area contributed by atoms with E-state index in [9.17, 15) is 4.39 Å². The van der Waals surface area contributed by atoms with E-state index in [1.54, 1.807) is 20.1 Å². The molecule has 0 radical (unpaired) electrons. The molecule has 1 atom stereocenters. The quantitative estimate of drug-likeness (QED) is 0.833. The molecule has 0 aromatic heterocycles. The van der Waals surface area contributed by atoms with Crippen LogP contribution in [-0.4, -0.2) is 18.3 Å². The zero-order chi connectivity index (χ0) is 12.0. The average Bonchev–Trinajstić information content (AvgIpc) is 2.24. The smallest absolute Gasteiger partial charge is 0.126 e. The van der Waals surface area contributed by atoms with Crippen molar-refractivity contribution in [1.82, 2.24) is 0 Å². The van der Waals surface area contributed by atoms with Crippen molar-refractivity contribution in [2.45, 2.75) is 25.9 Å². The summed E-state index contributed by atoms with van der Waals surface area (Å²) in [5, 5.41) is 9.08. The van der Waals surface area contributed by atoms with Crippen LogP contribution < -0.4 is 4.74 Å². The van der Waals surface area contributed by atoms with E-state index in [2.05, 4.69) is 0 Å². The van der Waals surface area contributed by atoms with Gasteiger partial charge in [-0.3, -0.25) is 0 Å². The summed E-state index contributed by atoms with van der Waals surface area (Å²) >= 11 is 0. The predicted molar refractivity (Wildman–Crippen MR) is 62.9 cm³/mol. The summed E-state index contributed by atoms with van der Waals surface area (Å²) in [5.41, 5.74) is 0.716. The lowest BCUT2D eigenvalue weighted by Crippen LogP contribution is -1.96. The zero-order valence-corrected chi connectivity index (χ0v) is 9.61. The normalized spacial score (nSPS) is 13.0. The Morgan fingerprint density at radius 1 is 1.50 bits per heavy atom. The van der Waals surface area contributed by atoms with Crippen LogP contribution in [0.15, 0.2) is 24.3 Å². The maximum atomic E-state index is 13.0. The van der Waals surface area contributed by atoms with Crippen LogP contribution in [0.4, 0.5) is 4.39 Å². The van der Waals surface area contributed by atoms with Crippen molar-refractivity contribution in [2.24, 2.45) is 0 Å². The highest BCUT2D eigenvalue weighted by atomic mass is 19.1. The van der Waals surface area contributed by atoms with Gasteiger partial charge in [0.25, 0.3) is 0 Å². The molecule has 0 aliphatic carbocycles. The molecule has 1 aromatic carbocycles. The van der Waals surface area contributed by atoms with Gasteiger partial charge in [0.2, 0.25) is 0 Å². The van der Waals surface area contributed by atoms with Crippen molar-refractivity contribution >= 4 is 6.08 Å². The van der Waals surface area contributed by atoms with E-state index >= 15 is 0 Å². The second-order valence-electron chi connectivity index (χ2n) is 3.72. The number of benzene rings is 1. The number of halogens is 1. The summed E-state index contributed by atoms with van der Waals surface area (Å²) in [6, 6.07) is 4.40. The molecule has 1 aromatic rings. The Morgan fingerprint density at radius 2 is 2.25 bits per heavy atom. The minimum Gasteiger partial charge on any atom is -0.496 e. The Kier molecular flexibility index (Phi) is 4.99. The number of methoxy groups -OCH3 is 1. The number of rotatable bonds is 5. The van der Waals surface area contributed by atoms with Crippen LogP contribution in [0.1, 0.15) is 25.3 Å². The van der Waals surface area contributed by atoms with Crippen molar-refractivity contribution < 1.29 is 14.2 Å². The largest absolute Gasteiger partial charge is 0.496 e. The molecular formula is C13H17FO2. The van der Waals surface area contributed by atoms with Gasteiger partial charge in [-0.05, 0) is 38.0 Å². The molecule has 0 bridgehead atoms. The van der Waals surface area contributed by atoms with E-state index in [-0.39, 0.29) is 11.9 Å². The standard InChI is InChI=1S/C13H17FO2/c1-10(15)5-3-4-6-11-9-12(14)7-8-13(11)16-2/h4,6-10,15H,3,5H2,1-2H3. The molecule has 0 spiro atoms. The summed E-state index contributed by atoms with van der Waals surface area (Å²) in [5.74, 6) is 0.366. The van der Waals surface area contributed by atoms with Gasteiger partial charge in [0.1, 0.15) is 11.6 Å². The first-order chi connectivity index (χ1) is 7.63. The first kappa shape index (κ1) is 12.7. The third kappa shape index (κ3) is 4.03. The van der Waals surface area contributed by atoms with E-state index in [1.807, 2.05) is 12.2 Å². The lowest BCUT2D eigenvalue weighted by molar-refractivity contribution is 0.186. The predicted octanol–water partition coefficient (Wildman–Crippen LogP) is 3.01. The molecule has 0 saturated heterocycles. The van der Waals surface area contributed by atoms with Crippen LogP contribution in [0, 0.1) is 5.82 Å². The molecule has 0 amide bonds. The van der Waals surface area contributed by atoms with Crippen molar-refractivity contribution in [3.05, 3.63) is 35.7 Å². The number of hydrogen-bond donors (Lipinski definition) is 1. The zero-order valence-electron chi connectivity index (χ0n) is 9.61. The molecule has 0 fully saturated rings. The number of allylic oxidation sites excluding steroid dienone is 1. The van der Waals surface area contributed by atoms with Crippen LogP contribution in [0.2, 0.25) is 0 Å². The first-order valence-electron chi connectivity index (χ1n) is 5.31. The van der Waals surface area contributed by atoms with Crippen molar-refractivity contribution in [1.29, 1.82) is 0 Å². The molecule has 3 heteroatoms. The van der Waals surface area contributed by atoms with Gasteiger partial charge in [-0.2, -0.15) is 0 Å². The topological polar surface area (TPSA) is 29.5 Å². The van der Waals surface area contributed by atoms with E-state index in [0.717, 1.165) is 6.42 Å². The molecule has 2 nitrogen and oxygen atoms in total. The molecule has 0 heterocycles. The van der Waals surface area contributed by atoms with Crippen LogP contribution >= 0.6 is 0 Å². The molecule has 0 aliphatic rings. The summed E-state index contributed by atoms with van der Waals surface area (Å²) in [7, 11) is 1.56. The maximum Gasteiger partial charge on any atom is 0.126 e. The van der Waals surface area contributed by atoms with Crippen molar-refractivity contribution in [2.75, 3.05) is 7.11 Å². The molecule has 1 unspecified atom stereocenters. The van der Waals surface area contributed by atoms with E-state index in [0.29, 0.717) is 17.7 Å². The Morgan fingerprint density at radius 3 is 2.88 bits per heavy atom. The second-order valence-corrected chi connectivity index (χ2v) is 3.72. The lowest BCUT2D eigenvalue weighted by Gasteiger charge is -2.04. The minimum absolute atomic E-state index is 0.282. The fourth-order valence-electron chi connectivity index (χ4n) is 1.38. The number of hydrogen-bond acceptors (Lipinski definition) is 2. The molecule has 0 aliphatic heterocycles. The van der Waals surface area contributed by atoms with Gasteiger partial charge in [-0.1, -0.05) is 12.2 Å². The number of ether oxygens (including phenoxy) is 1. The van der Waals surface area contributed by atoms with Gasteiger partial charge in [0.05, 0.1) is 13.2 Å². The Bertz CT molecular complexity index is 359. The second kappa shape index (κ2) is 6.28. The monoisotopic (exact) mass is 224 g/mol. The summed E-state index contributed by atoms with van der Waals surface area (Å²) in [4.78, 5) is 0. The molecule has 0 saturated carbocycles. The van der Waals surface area contributed by atoms with Gasteiger partial charge < -0.3 is 9.84 Å². The molecule has 88 valence electrons. The molecule has 1 rings (SSSR count). The fraction of sp³-hybridized carbons (Fsp3) is 0.385. The summed E-state index contributed by atoms with van der Waals surface area (Å²) in [6.07, 6.45) is 4.87. The third-order valence-electron chi connectivity index (χ3n) is 2.24. The van der Waals surface area contributed by atoms with Crippen LogP contribution in [0.5, 0.6) is 5.75 Å².